The Morgan fingerprint density at radius 3 is 3.13 bits per heavy atom. The molecule has 0 N–H and O–H groups in total. The van der Waals surface area contributed by atoms with Crippen molar-refractivity contribution < 1.29 is 4.74 Å². The van der Waals surface area contributed by atoms with E-state index in [9.17, 15) is 0 Å². The molecule has 2 heterocycles. The van der Waals surface area contributed by atoms with Gasteiger partial charge in [-0.05, 0) is 41.4 Å². The van der Waals surface area contributed by atoms with Gasteiger partial charge in [0.1, 0.15) is 5.82 Å². The third-order valence-electron chi connectivity index (χ3n) is 2.70. The van der Waals surface area contributed by atoms with Gasteiger partial charge in [0.15, 0.2) is 0 Å². The first-order valence-corrected chi connectivity index (χ1v) is 6.07. The van der Waals surface area contributed by atoms with Crippen molar-refractivity contribution in [2.24, 2.45) is 0 Å². The normalized spacial score (nSPS) is 20.5. The van der Waals surface area contributed by atoms with Crippen molar-refractivity contribution in [3.63, 3.8) is 0 Å². The highest BCUT2D eigenvalue weighted by Crippen LogP contribution is 2.26. The molecule has 0 aliphatic carbocycles. The quantitative estimate of drug-likeness (QED) is 0.844. The molecule has 1 aliphatic heterocycles. The Morgan fingerprint density at radius 1 is 1.67 bits per heavy atom. The van der Waals surface area contributed by atoms with Gasteiger partial charge in [-0.3, -0.25) is 0 Å². The van der Waals surface area contributed by atoms with E-state index in [2.05, 4.69) is 32.7 Å². The molecule has 1 aliphatic rings. The van der Waals surface area contributed by atoms with Gasteiger partial charge in [0.05, 0.1) is 17.1 Å². The van der Waals surface area contributed by atoms with E-state index in [4.69, 9.17) is 4.74 Å². The minimum atomic E-state index is 0.473. The third-order valence-corrected chi connectivity index (χ3v) is 3.32. The summed E-state index contributed by atoms with van der Waals surface area (Å²) in [4.78, 5) is 6.72. The number of rotatable bonds is 3. The summed E-state index contributed by atoms with van der Waals surface area (Å²) in [6.45, 7) is 4.80. The van der Waals surface area contributed by atoms with Gasteiger partial charge in [0.25, 0.3) is 0 Å². The fourth-order valence-electron chi connectivity index (χ4n) is 1.94. The fourth-order valence-corrected chi connectivity index (χ4v) is 2.42. The van der Waals surface area contributed by atoms with Crippen LogP contribution in [0.5, 0.6) is 0 Å². The molecule has 1 aromatic heterocycles. The van der Waals surface area contributed by atoms with Gasteiger partial charge in [-0.25, -0.2) is 4.98 Å². The third kappa shape index (κ3) is 2.32. The molecule has 1 fully saturated rings. The number of ether oxygens (including phenoxy) is 1. The Bertz CT molecular complexity index is 326. The zero-order valence-corrected chi connectivity index (χ0v) is 10.4. The van der Waals surface area contributed by atoms with E-state index in [0.29, 0.717) is 6.04 Å². The highest BCUT2D eigenvalue weighted by Gasteiger charge is 2.24. The molecule has 1 aromatic rings. The van der Waals surface area contributed by atoms with E-state index in [1.165, 1.54) is 0 Å². The lowest BCUT2D eigenvalue weighted by atomic mass is 10.2. The molecule has 0 spiro atoms. The molecule has 1 saturated heterocycles. The van der Waals surface area contributed by atoms with Crippen molar-refractivity contribution in [3.05, 3.63) is 22.8 Å². The zero-order chi connectivity index (χ0) is 10.7. The summed E-state index contributed by atoms with van der Waals surface area (Å²) in [5, 5.41) is 0. The topological polar surface area (TPSA) is 25.4 Å². The largest absolute Gasteiger partial charge is 0.379 e. The standard InChI is InChI=1S/C11H15BrN2O/c1-2-14(9-5-7-15-8-9)11-10(12)4-3-6-13-11/h3-4,6,9H,2,5,7-8H2,1H3. The summed E-state index contributed by atoms with van der Waals surface area (Å²) in [7, 11) is 0. The minimum absolute atomic E-state index is 0.473. The maximum absolute atomic E-state index is 5.42. The summed E-state index contributed by atoms with van der Waals surface area (Å²) in [5.41, 5.74) is 0. The number of hydrogen-bond acceptors (Lipinski definition) is 3. The maximum Gasteiger partial charge on any atom is 0.143 e. The first-order chi connectivity index (χ1) is 7.33. The summed E-state index contributed by atoms with van der Waals surface area (Å²) < 4.78 is 6.47. The highest BCUT2D eigenvalue weighted by atomic mass is 79.9. The second-order valence-electron chi connectivity index (χ2n) is 3.61. The smallest absolute Gasteiger partial charge is 0.143 e. The molecule has 0 saturated carbocycles. The Balaban J connectivity index is 2.22. The molecule has 4 heteroatoms. The van der Waals surface area contributed by atoms with Crippen molar-refractivity contribution >= 4 is 21.7 Å². The molecule has 1 atom stereocenters. The van der Waals surface area contributed by atoms with Crippen LogP contribution in [0.4, 0.5) is 5.82 Å². The van der Waals surface area contributed by atoms with Gasteiger partial charge in [-0.2, -0.15) is 0 Å². The lowest BCUT2D eigenvalue weighted by Gasteiger charge is -2.28. The average molecular weight is 271 g/mol. The van der Waals surface area contributed by atoms with Gasteiger partial charge < -0.3 is 9.64 Å². The summed E-state index contributed by atoms with van der Waals surface area (Å²) in [6.07, 6.45) is 2.93. The van der Waals surface area contributed by atoms with E-state index < -0.39 is 0 Å². The second-order valence-corrected chi connectivity index (χ2v) is 4.47. The molecular formula is C11H15BrN2O. The average Bonchev–Trinajstić information content (AvgIpc) is 2.75. The van der Waals surface area contributed by atoms with Crippen molar-refractivity contribution in [1.29, 1.82) is 0 Å². The van der Waals surface area contributed by atoms with Crippen LogP contribution in [0.1, 0.15) is 13.3 Å². The summed E-state index contributed by atoms with van der Waals surface area (Å²) in [5.74, 6) is 1.02. The van der Waals surface area contributed by atoms with Crippen molar-refractivity contribution in [1.82, 2.24) is 4.98 Å². The molecule has 1 unspecified atom stereocenters. The fraction of sp³-hybridized carbons (Fsp3) is 0.545. The molecule has 82 valence electrons. The van der Waals surface area contributed by atoms with Crippen LogP contribution in [-0.4, -0.2) is 30.8 Å². The maximum atomic E-state index is 5.42. The van der Waals surface area contributed by atoms with Gasteiger partial charge >= 0.3 is 0 Å². The van der Waals surface area contributed by atoms with Gasteiger partial charge in [0.2, 0.25) is 0 Å². The number of pyridine rings is 1. The lowest BCUT2D eigenvalue weighted by Crippen LogP contribution is -2.36. The monoisotopic (exact) mass is 270 g/mol. The van der Waals surface area contributed by atoms with E-state index in [-0.39, 0.29) is 0 Å². The zero-order valence-electron chi connectivity index (χ0n) is 8.82. The first-order valence-electron chi connectivity index (χ1n) is 5.28. The first kappa shape index (κ1) is 10.9. The van der Waals surface area contributed by atoms with Crippen LogP contribution in [0.15, 0.2) is 22.8 Å². The molecular weight excluding hydrogens is 256 g/mol. The number of anilines is 1. The van der Waals surface area contributed by atoms with Crippen LogP contribution in [0.2, 0.25) is 0 Å². The Hall–Kier alpha value is -0.610. The Morgan fingerprint density at radius 2 is 2.53 bits per heavy atom. The van der Waals surface area contributed by atoms with Gasteiger partial charge in [0, 0.05) is 19.3 Å². The van der Waals surface area contributed by atoms with E-state index in [0.717, 1.165) is 36.5 Å². The predicted molar refractivity (Wildman–Crippen MR) is 64.2 cm³/mol. The van der Waals surface area contributed by atoms with Crippen molar-refractivity contribution in [2.45, 2.75) is 19.4 Å². The molecule has 3 nitrogen and oxygen atoms in total. The minimum Gasteiger partial charge on any atom is -0.379 e. The molecule has 0 aromatic carbocycles. The molecule has 0 bridgehead atoms. The SMILES string of the molecule is CCN(c1ncccc1Br)C1CCOC1. The van der Waals surface area contributed by atoms with E-state index in [1.54, 1.807) is 0 Å². The number of hydrogen-bond donors (Lipinski definition) is 0. The number of likely N-dealkylation sites (N-methyl/N-ethyl adjacent to an activating group) is 1. The van der Waals surface area contributed by atoms with Gasteiger partial charge in [-0.15, -0.1) is 0 Å². The molecule has 2 rings (SSSR count). The van der Waals surface area contributed by atoms with Crippen molar-refractivity contribution in [3.8, 4) is 0 Å². The summed E-state index contributed by atoms with van der Waals surface area (Å²) in [6, 6.07) is 4.44. The Labute approximate surface area is 98.6 Å². The van der Waals surface area contributed by atoms with Crippen LogP contribution >= 0.6 is 15.9 Å². The van der Waals surface area contributed by atoms with Gasteiger partial charge in [-0.1, -0.05) is 0 Å². The van der Waals surface area contributed by atoms with Crippen LogP contribution < -0.4 is 4.90 Å². The lowest BCUT2D eigenvalue weighted by molar-refractivity contribution is 0.193. The van der Waals surface area contributed by atoms with Crippen LogP contribution in [0, 0.1) is 0 Å². The van der Waals surface area contributed by atoms with E-state index in [1.807, 2.05) is 18.3 Å². The number of halogens is 1. The molecule has 0 amide bonds. The summed E-state index contributed by atoms with van der Waals surface area (Å²) >= 11 is 3.54. The van der Waals surface area contributed by atoms with Crippen LogP contribution in [0.3, 0.4) is 0 Å². The van der Waals surface area contributed by atoms with E-state index >= 15 is 0 Å². The second kappa shape index (κ2) is 4.94. The molecule has 0 radical (unpaired) electrons. The van der Waals surface area contributed by atoms with Crippen LogP contribution in [-0.2, 0) is 4.74 Å². The number of aromatic nitrogens is 1. The highest BCUT2D eigenvalue weighted by molar-refractivity contribution is 9.10. The molecule has 15 heavy (non-hydrogen) atoms. The van der Waals surface area contributed by atoms with Crippen molar-refractivity contribution in [2.75, 3.05) is 24.7 Å². The predicted octanol–water partition coefficient (Wildman–Crippen LogP) is 2.46. The Kier molecular flexibility index (Phi) is 3.59. The van der Waals surface area contributed by atoms with Crippen LogP contribution in [0.25, 0.3) is 0 Å². The number of nitrogens with zero attached hydrogens (tertiary/aromatic N) is 2.